The summed E-state index contributed by atoms with van der Waals surface area (Å²) < 4.78 is 40.5. The van der Waals surface area contributed by atoms with Crippen LogP contribution in [0.1, 0.15) is 28.8 Å². The van der Waals surface area contributed by atoms with Crippen LogP contribution < -0.4 is 15.1 Å². The predicted molar refractivity (Wildman–Crippen MR) is 121 cm³/mol. The molecule has 0 radical (unpaired) electrons. The molecule has 9 heteroatoms. The number of fused-ring (bicyclic) bond motifs is 1. The predicted octanol–water partition coefficient (Wildman–Crippen LogP) is 5.10. The molecule has 0 bridgehead atoms. The molecule has 1 amide bonds. The topological polar surface area (TPSA) is 53.4 Å². The Morgan fingerprint density at radius 1 is 1.03 bits per heavy atom. The highest BCUT2D eigenvalue weighted by Crippen LogP contribution is 2.36. The Morgan fingerprint density at radius 3 is 2.36 bits per heavy atom. The van der Waals surface area contributed by atoms with E-state index < -0.39 is 12.1 Å². The van der Waals surface area contributed by atoms with E-state index in [9.17, 15) is 18.0 Å². The second kappa shape index (κ2) is 8.13. The van der Waals surface area contributed by atoms with Gasteiger partial charge in [0.05, 0.1) is 18.8 Å². The second-order valence-corrected chi connectivity index (χ2v) is 8.64. The van der Waals surface area contributed by atoms with Crippen molar-refractivity contribution < 1.29 is 18.0 Å². The Morgan fingerprint density at radius 2 is 1.73 bits per heavy atom. The van der Waals surface area contributed by atoms with Crippen LogP contribution in [-0.4, -0.2) is 34.7 Å². The van der Waals surface area contributed by atoms with Gasteiger partial charge in [0, 0.05) is 49.0 Å². The van der Waals surface area contributed by atoms with Gasteiger partial charge in [0.25, 0.3) is 5.91 Å². The standard InChI is InChI=1S/C24H24F3N5O/c1-30-14-22(28-15-30)32-13-16-12-19(4-7-21(16)23(32)33)29-18-2-5-20(6-3-18)31-10-8-17(9-11-31)24(25,26)27/h2-7,12,14-15,17,29H,8-11,13H2,1H3. The summed E-state index contributed by atoms with van der Waals surface area (Å²) in [7, 11) is 1.86. The molecule has 2 aliphatic heterocycles. The lowest BCUT2D eigenvalue weighted by molar-refractivity contribution is -0.179. The minimum Gasteiger partial charge on any atom is -0.372 e. The van der Waals surface area contributed by atoms with E-state index in [4.69, 9.17) is 0 Å². The fourth-order valence-electron chi connectivity index (χ4n) is 4.51. The fraction of sp³-hybridized carbons (Fsp3) is 0.333. The van der Waals surface area contributed by atoms with Crippen molar-refractivity contribution in [3.8, 4) is 0 Å². The van der Waals surface area contributed by atoms with E-state index in [0.717, 1.165) is 22.6 Å². The molecule has 172 valence electrons. The Kier molecular flexibility index (Phi) is 5.26. The highest BCUT2D eigenvalue weighted by atomic mass is 19.4. The molecular weight excluding hydrogens is 431 g/mol. The molecule has 2 aliphatic rings. The summed E-state index contributed by atoms with van der Waals surface area (Å²) in [5.74, 6) is -0.632. The number of alkyl halides is 3. The lowest BCUT2D eigenvalue weighted by Crippen LogP contribution is -2.38. The smallest absolute Gasteiger partial charge is 0.372 e. The van der Waals surface area contributed by atoms with Crippen molar-refractivity contribution >= 4 is 28.8 Å². The molecule has 33 heavy (non-hydrogen) atoms. The maximum absolute atomic E-state index is 12.9. The molecule has 0 spiro atoms. The number of carbonyl (C=O) groups excluding carboxylic acids is 1. The van der Waals surface area contributed by atoms with Gasteiger partial charge in [-0.05, 0) is 60.9 Å². The van der Waals surface area contributed by atoms with E-state index in [1.165, 1.54) is 0 Å². The molecule has 3 aromatic rings. The third kappa shape index (κ3) is 4.27. The van der Waals surface area contributed by atoms with Crippen LogP contribution in [-0.2, 0) is 13.6 Å². The minimum absolute atomic E-state index is 0.0612. The summed E-state index contributed by atoms with van der Waals surface area (Å²) >= 11 is 0. The van der Waals surface area contributed by atoms with Crippen LogP contribution in [0.15, 0.2) is 55.0 Å². The number of imidazole rings is 1. The van der Waals surface area contributed by atoms with Crippen molar-refractivity contribution in [2.45, 2.75) is 25.6 Å². The van der Waals surface area contributed by atoms with Gasteiger partial charge < -0.3 is 14.8 Å². The van der Waals surface area contributed by atoms with Gasteiger partial charge in [-0.2, -0.15) is 13.2 Å². The molecule has 1 N–H and O–H groups in total. The van der Waals surface area contributed by atoms with Crippen molar-refractivity contribution in [3.63, 3.8) is 0 Å². The number of nitrogens with zero attached hydrogens (tertiary/aromatic N) is 4. The highest BCUT2D eigenvalue weighted by molar-refractivity contribution is 6.09. The second-order valence-electron chi connectivity index (χ2n) is 8.64. The molecule has 5 rings (SSSR count). The van der Waals surface area contributed by atoms with E-state index >= 15 is 0 Å². The first-order chi connectivity index (χ1) is 15.8. The monoisotopic (exact) mass is 455 g/mol. The number of hydrogen-bond acceptors (Lipinski definition) is 4. The number of amides is 1. The molecule has 6 nitrogen and oxygen atoms in total. The SMILES string of the molecule is Cn1cnc(N2Cc3cc(Nc4ccc(N5CCC(C(F)(F)F)CC5)cc4)ccc3C2=O)c1. The van der Waals surface area contributed by atoms with E-state index in [1.54, 1.807) is 15.8 Å². The minimum atomic E-state index is -4.10. The van der Waals surface area contributed by atoms with Crippen LogP contribution >= 0.6 is 0 Å². The summed E-state index contributed by atoms with van der Waals surface area (Å²) in [6, 6.07) is 13.3. The molecule has 1 aromatic heterocycles. The number of aryl methyl sites for hydroxylation is 1. The zero-order chi connectivity index (χ0) is 23.2. The molecule has 2 aromatic carbocycles. The van der Waals surface area contributed by atoms with Crippen LogP contribution in [0.2, 0.25) is 0 Å². The molecule has 0 saturated carbocycles. The average molecular weight is 455 g/mol. The molecule has 0 aliphatic carbocycles. The zero-order valence-electron chi connectivity index (χ0n) is 18.1. The van der Waals surface area contributed by atoms with Crippen LogP contribution in [0.4, 0.5) is 36.1 Å². The van der Waals surface area contributed by atoms with Crippen LogP contribution in [0.5, 0.6) is 0 Å². The van der Waals surface area contributed by atoms with Crippen LogP contribution in [0.25, 0.3) is 0 Å². The maximum Gasteiger partial charge on any atom is 0.391 e. The Bertz CT molecular complexity index is 1160. The Balaban J connectivity index is 1.24. The van der Waals surface area contributed by atoms with Crippen LogP contribution in [0, 0.1) is 5.92 Å². The van der Waals surface area contributed by atoms with Gasteiger partial charge in [-0.3, -0.25) is 9.69 Å². The Labute approximate surface area is 189 Å². The molecule has 0 unspecified atom stereocenters. The third-order valence-electron chi connectivity index (χ3n) is 6.36. The Hall–Kier alpha value is -3.49. The summed E-state index contributed by atoms with van der Waals surface area (Å²) in [5.41, 5.74) is 4.26. The van der Waals surface area contributed by atoms with Crippen molar-refractivity contribution in [1.82, 2.24) is 9.55 Å². The van der Waals surface area contributed by atoms with Crippen molar-refractivity contribution in [3.05, 3.63) is 66.1 Å². The van der Waals surface area contributed by atoms with Crippen molar-refractivity contribution in [2.24, 2.45) is 13.0 Å². The normalized spacial score (nSPS) is 16.9. The number of aromatic nitrogens is 2. The first-order valence-electron chi connectivity index (χ1n) is 10.9. The number of nitrogens with one attached hydrogen (secondary N) is 1. The van der Waals surface area contributed by atoms with Gasteiger partial charge in [-0.25, -0.2) is 4.98 Å². The average Bonchev–Trinajstić information content (AvgIpc) is 3.36. The van der Waals surface area contributed by atoms with E-state index in [0.29, 0.717) is 31.0 Å². The number of carbonyl (C=O) groups is 1. The molecule has 1 saturated heterocycles. The number of halogens is 3. The molecule has 0 atom stereocenters. The van der Waals surface area contributed by atoms with Crippen molar-refractivity contribution in [1.29, 1.82) is 0 Å². The first kappa shape index (κ1) is 21.4. The first-order valence-corrected chi connectivity index (χ1v) is 10.9. The highest BCUT2D eigenvalue weighted by Gasteiger charge is 2.41. The lowest BCUT2D eigenvalue weighted by atomic mass is 9.96. The lowest BCUT2D eigenvalue weighted by Gasteiger charge is -2.34. The number of benzene rings is 2. The van der Waals surface area contributed by atoms with Gasteiger partial charge in [-0.15, -0.1) is 0 Å². The molecular formula is C24H24F3N5O. The zero-order valence-corrected chi connectivity index (χ0v) is 18.1. The summed E-state index contributed by atoms with van der Waals surface area (Å²) in [5, 5.41) is 3.35. The van der Waals surface area contributed by atoms with E-state index in [1.807, 2.05) is 60.6 Å². The summed E-state index contributed by atoms with van der Waals surface area (Å²) in [4.78, 5) is 20.7. The quantitative estimate of drug-likeness (QED) is 0.595. The molecule has 1 fully saturated rings. The number of piperidine rings is 1. The van der Waals surface area contributed by atoms with Crippen LogP contribution in [0.3, 0.4) is 0 Å². The number of rotatable bonds is 4. The number of hydrogen-bond donors (Lipinski definition) is 1. The van der Waals surface area contributed by atoms with Crippen molar-refractivity contribution in [2.75, 3.05) is 28.2 Å². The van der Waals surface area contributed by atoms with Gasteiger partial charge >= 0.3 is 6.18 Å². The molecule has 3 heterocycles. The summed E-state index contributed by atoms with van der Waals surface area (Å²) in [6.07, 6.45) is -0.356. The van der Waals surface area contributed by atoms with E-state index in [-0.39, 0.29) is 18.7 Å². The third-order valence-corrected chi connectivity index (χ3v) is 6.36. The summed E-state index contributed by atoms with van der Waals surface area (Å²) in [6.45, 7) is 1.28. The largest absolute Gasteiger partial charge is 0.391 e. The van der Waals surface area contributed by atoms with Gasteiger partial charge in [0.15, 0.2) is 5.82 Å². The van der Waals surface area contributed by atoms with E-state index in [2.05, 4.69) is 10.3 Å². The van der Waals surface area contributed by atoms with Gasteiger partial charge in [0.2, 0.25) is 0 Å². The maximum atomic E-state index is 12.9. The van der Waals surface area contributed by atoms with Gasteiger partial charge in [0.1, 0.15) is 0 Å². The fourth-order valence-corrected chi connectivity index (χ4v) is 4.51. The number of anilines is 4. The van der Waals surface area contributed by atoms with Gasteiger partial charge in [-0.1, -0.05) is 0 Å².